The molecule has 10 heavy (non-hydrogen) atoms. The van der Waals surface area contributed by atoms with Crippen LogP contribution in [0.25, 0.3) is 0 Å². The largest absolute Gasteiger partial charge is 0.289 e. The number of hydrogen-bond donors (Lipinski definition) is 0. The molecule has 1 heterocycles. The van der Waals surface area contributed by atoms with Crippen LogP contribution in [0.3, 0.4) is 0 Å². The minimum Gasteiger partial charge on any atom is -0.289 e. The summed E-state index contributed by atoms with van der Waals surface area (Å²) in [5.74, 6) is 3.68. The van der Waals surface area contributed by atoms with Crippen molar-refractivity contribution >= 4 is 11.1 Å². The smallest absolute Gasteiger partial charge is 0.155 e. The summed E-state index contributed by atoms with van der Waals surface area (Å²) in [4.78, 5) is 0. The first kappa shape index (κ1) is 7.77. The van der Waals surface area contributed by atoms with Crippen molar-refractivity contribution in [3.8, 4) is 12.3 Å². The lowest BCUT2D eigenvalue weighted by atomic mass is 9.98. The fourth-order valence-electron chi connectivity index (χ4n) is 0.905. The Balaban J connectivity index is 2.53. The van der Waals surface area contributed by atoms with E-state index in [9.17, 15) is 4.21 Å². The lowest BCUT2D eigenvalue weighted by molar-refractivity contribution is 0.243. The zero-order valence-electron chi connectivity index (χ0n) is 5.87. The molecule has 2 nitrogen and oxygen atoms in total. The molecule has 0 aromatic heterocycles. The molecule has 0 saturated carbocycles. The van der Waals surface area contributed by atoms with E-state index in [1.807, 2.05) is 6.92 Å². The molecule has 0 aromatic carbocycles. The first-order valence-corrected chi connectivity index (χ1v) is 4.46. The second kappa shape index (κ2) is 3.18. The fraction of sp³-hybridized carbons (Fsp3) is 0.714. The van der Waals surface area contributed by atoms with E-state index in [-0.39, 0.29) is 5.92 Å². The molecular weight excluding hydrogens is 148 g/mol. The van der Waals surface area contributed by atoms with Gasteiger partial charge in [0.2, 0.25) is 0 Å². The van der Waals surface area contributed by atoms with Gasteiger partial charge < -0.3 is 0 Å². The summed E-state index contributed by atoms with van der Waals surface area (Å²) in [6.45, 7) is 2.45. The lowest BCUT2D eigenvalue weighted by Gasteiger charge is -2.22. The maximum absolute atomic E-state index is 10.8. The first-order valence-electron chi connectivity index (χ1n) is 3.22. The van der Waals surface area contributed by atoms with Crippen molar-refractivity contribution in [3.05, 3.63) is 0 Å². The van der Waals surface area contributed by atoms with Gasteiger partial charge in [-0.05, 0) is 5.92 Å². The molecule has 1 fully saturated rings. The first-order chi connectivity index (χ1) is 4.74. The highest BCUT2D eigenvalue weighted by Gasteiger charge is 2.24. The summed E-state index contributed by atoms with van der Waals surface area (Å²) in [5.41, 5.74) is 0. The van der Waals surface area contributed by atoms with Gasteiger partial charge in [-0.25, -0.2) is 4.21 Å². The average molecular weight is 158 g/mol. The van der Waals surface area contributed by atoms with Gasteiger partial charge in [0.25, 0.3) is 0 Å². The molecule has 0 radical (unpaired) electrons. The van der Waals surface area contributed by atoms with Crippen LogP contribution in [0.1, 0.15) is 6.92 Å². The SMILES string of the molecule is C#CC1COS(=O)CC1C. The molecule has 0 amide bonds. The molecule has 0 N–H and O–H groups in total. The van der Waals surface area contributed by atoms with Crippen molar-refractivity contribution in [3.63, 3.8) is 0 Å². The van der Waals surface area contributed by atoms with Crippen molar-refractivity contribution in [1.29, 1.82) is 0 Å². The van der Waals surface area contributed by atoms with E-state index in [0.29, 0.717) is 18.3 Å². The van der Waals surface area contributed by atoms with Crippen LogP contribution < -0.4 is 0 Å². The molecule has 1 saturated heterocycles. The van der Waals surface area contributed by atoms with Crippen molar-refractivity contribution < 1.29 is 8.39 Å². The Kier molecular flexibility index (Phi) is 2.47. The molecule has 1 aliphatic heterocycles. The van der Waals surface area contributed by atoms with Gasteiger partial charge in [-0.3, -0.25) is 4.18 Å². The lowest BCUT2D eigenvalue weighted by Crippen LogP contribution is -2.28. The van der Waals surface area contributed by atoms with Crippen LogP contribution in [0.5, 0.6) is 0 Å². The summed E-state index contributed by atoms with van der Waals surface area (Å²) in [6, 6.07) is 0. The van der Waals surface area contributed by atoms with Crippen LogP contribution in [0.15, 0.2) is 0 Å². The molecule has 0 aromatic rings. The van der Waals surface area contributed by atoms with E-state index in [2.05, 4.69) is 5.92 Å². The monoisotopic (exact) mass is 158 g/mol. The third-order valence-corrected chi connectivity index (χ3v) is 2.88. The highest BCUT2D eigenvalue weighted by atomic mass is 32.2. The Morgan fingerprint density at radius 2 is 2.50 bits per heavy atom. The molecule has 0 spiro atoms. The predicted molar refractivity (Wildman–Crippen MR) is 40.4 cm³/mol. The molecule has 3 heteroatoms. The van der Waals surface area contributed by atoms with Gasteiger partial charge >= 0.3 is 0 Å². The van der Waals surface area contributed by atoms with Crippen LogP contribution in [-0.2, 0) is 15.3 Å². The van der Waals surface area contributed by atoms with Crippen LogP contribution in [0.4, 0.5) is 0 Å². The van der Waals surface area contributed by atoms with Gasteiger partial charge in [0.05, 0.1) is 12.4 Å². The number of rotatable bonds is 0. The van der Waals surface area contributed by atoms with Crippen molar-refractivity contribution in [1.82, 2.24) is 0 Å². The van der Waals surface area contributed by atoms with Crippen LogP contribution in [-0.4, -0.2) is 16.6 Å². The molecule has 0 aliphatic carbocycles. The van der Waals surface area contributed by atoms with E-state index in [4.69, 9.17) is 10.6 Å². The molecule has 0 bridgehead atoms. The summed E-state index contributed by atoms with van der Waals surface area (Å²) >= 11 is -1.09. The van der Waals surface area contributed by atoms with Gasteiger partial charge in [-0.15, -0.1) is 12.3 Å². The highest BCUT2D eigenvalue weighted by Crippen LogP contribution is 2.18. The van der Waals surface area contributed by atoms with Gasteiger partial charge in [-0.1, -0.05) is 6.92 Å². The van der Waals surface area contributed by atoms with Gasteiger partial charge in [0.15, 0.2) is 11.1 Å². The van der Waals surface area contributed by atoms with E-state index in [1.165, 1.54) is 0 Å². The Labute approximate surface area is 63.6 Å². The summed E-state index contributed by atoms with van der Waals surface area (Å²) in [6.07, 6.45) is 5.21. The third kappa shape index (κ3) is 1.59. The van der Waals surface area contributed by atoms with E-state index >= 15 is 0 Å². The zero-order chi connectivity index (χ0) is 7.56. The normalized spacial score (nSPS) is 40.6. The maximum atomic E-state index is 10.8. The van der Waals surface area contributed by atoms with Crippen LogP contribution in [0.2, 0.25) is 0 Å². The third-order valence-electron chi connectivity index (χ3n) is 1.68. The van der Waals surface area contributed by atoms with Crippen LogP contribution in [0, 0.1) is 24.2 Å². The molecule has 3 unspecified atom stereocenters. The molecule has 3 atom stereocenters. The molecule has 56 valence electrons. The maximum Gasteiger partial charge on any atom is 0.155 e. The standard InChI is InChI=1S/C7H10O2S/c1-3-7-4-9-10(8)5-6(7)2/h1,6-7H,4-5H2,2H3. The van der Waals surface area contributed by atoms with Crippen molar-refractivity contribution in [2.45, 2.75) is 6.92 Å². The Hall–Kier alpha value is -0.330. The summed E-state index contributed by atoms with van der Waals surface area (Å²) in [5, 5.41) is 0. The second-order valence-electron chi connectivity index (χ2n) is 2.51. The topological polar surface area (TPSA) is 26.3 Å². The quantitative estimate of drug-likeness (QED) is 0.482. The van der Waals surface area contributed by atoms with Gasteiger partial charge in [-0.2, -0.15) is 0 Å². The van der Waals surface area contributed by atoms with Crippen LogP contribution >= 0.6 is 0 Å². The van der Waals surface area contributed by atoms with E-state index in [0.717, 1.165) is 0 Å². The van der Waals surface area contributed by atoms with Gasteiger partial charge in [0, 0.05) is 5.92 Å². The van der Waals surface area contributed by atoms with Crippen molar-refractivity contribution in [2.24, 2.45) is 11.8 Å². The average Bonchev–Trinajstić information content (AvgIpc) is 1.88. The van der Waals surface area contributed by atoms with E-state index < -0.39 is 11.1 Å². The molecule has 1 aliphatic rings. The summed E-state index contributed by atoms with van der Waals surface area (Å²) in [7, 11) is 0. The summed E-state index contributed by atoms with van der Waals surface area (Å²) < 4.78 is 15.6. The number of terminal acetylenes is 1. The minimum atomic E-state index is -1.09. The Morgan fingerprint density at radius 3 is 3.00 bits per heavy atom. The van der Waals surface area contributed by atoms with E-state index in [1.54, 1.807) is 0 Å². The highest BCUT2D eigenvalue weighted by molar-refractivity contribution is 7.80. The fourth-order valence-corrected chi connectivity index (χ4v) is 1.96. The zero-order valence-corrected chi connectivity index (χ0v) is 6.69. The molecular formula is C7H10O2S. The Morgan fingerprint density at radius 1 is 1.80 bits per heavy atom. The minimum absolute atomic E-state index is 0.151. The van der Waals surface area contributed by atoms with Crippen molar-refractivity contribution in [2.75, 3.05) is 12.4 Å². The Bertz CT molecular complexity index is 183. The second-order valence-corrected chi connectivity index (χ2v) is 3.68. The molecule has 1 rings (SSSR count). The predicted octanol–water partition coefficient (Wildman–Crippen LogP) is 0.566. The van der Waals surface area contributed by atoms with Gasteiger partial charge in [0.1, 0.15) is 0 Å². The number of hydrogen-bond acceptors (Lipinski definition) is 2.